The second-order valence-corrected chi connectivity index (χ2v) is 6.20. The van der Waals surface area contributed by atoms with Crippen LogP contribution in [0, 0.1) is 0 Å². The standard InChI is InChI=1S/C13H11F3N2O4S/c14-13(15,16)8-17-23(20,21)11-3-1-10(2-4-11)18-12(19)9-5-6-22-7-9/h1-7,17H,8H2,(H,18,19). The van der Waals surface area contributed by atoms with Crippen molar-refractivity contribution < 1.29 is 30.8 Å². The van der Waals surface area contributed by atoms with Crippen molar-refractivity contribution in [2.75, 3.05) is 11.9 Å². The van der Waals surface area contributed by atoms with Gasteiger partial charge in [-0.2, -0.15) is 13.2 Å². The molecule has 2 N–H and O–H groups in total. The molecule has 23 heavy (non-hydrogen) atoms. The van der Waals surface area contributed by atoms with Crippen LogP contribution in [0.1, 0.15) is 10.4 Å². The molecule has 2 rings (SSSR count). The van der Waals surface area contributed by atoms with Crippen LogP contribution in [0.3, 0.4) is 0 Å². The summed E-state index contributed by atoms with van der Waals surface area (Å²) in [5.41, 5.74) is 0.555. The first kappa shape index (κ1) is 17.0. The smallest absolute Gasteiger partial charge is 0.402 e. The Hall–Kier alpha value is -2.33. The molecule has 0 unspecified atom stereocenters. The lowest BCUT2D eigenvalue weighted by atomic mass is 10.3. The third-order valence-electron chi connectivity index (χ3n) is 2.67. The van der Waals surface area contributed by atoms with Crippen molar-refractivity contribution in [1.29, 1.82) is 0 Å². The zero-order valence-electron chi connectivity index (χ0n) is 11.4. The van der Waals surface area contributed by atoms with Gasteiger partial charge in [-0.1, -0.05) is 0 Å². The maximum Gasteiger partial charge on any atom is 0.402 e. The Balaban J connectivity index is 2.05. The lowest BCUT2D eigenvalue weighted by molar-refractivity contribution is -0.121. The maximum atomic E-state index is 12.1. The predicted molar refractivity (Wildman–Crippen MR) is 74.3 cm³/mol. The predicted octanol–water partition coefficient (Wildman–Crippen LogP) is 2.37. The summed E-state index contributed by atoms with van der Waals surface area (Å²) in [5, 5.41) is 2.49. The van der Waals surface area contributed by atoms with Crippen molar-refractivity contribution in [1.82, 2.24) is 4.72 Å². The van der Waals surface area contributed by atoms with Gasteiger partial charge >= 0.3 is 6.18 Å². The number of amides is 1. The van der Waals surface area contributed by atoms with Gasteiger partial charge in [-0.25, -0.2) is 13.1 Å². The fourth-order valence-electron chi connectivity index (χ4n) is 1.57. The number of hydrogen-bond acceptors (Lipinski definition) is 4. The molecule has 0 aliphatic heterocycles. The summed E-state index contributed by atoms with van der Waals surface area (Å²) in [6, 6.07) is 6.14. The summed E-state index contributed by atoms with van der Waals surface area (Å²) in [6.45, 7) is -1.66. The fraction of sp³-hybridized carbons (Fsp3) is 0.154. The van der Waals surface area contributed by atoms with E-state index < -0.39 is 28.7 Å². The zero-order valence-corrected chi connectivity index (χ0v) is 12.2. The van der Waals surface area contributed by atoms with Crippen molar-refractivity contribution in [2.24, 2.45) is 0 Å². The van der Waals surface area contributed by atoms with Crippen molar-refractivity contribution in [3.63, 3.8) is 0 Å². The molecule has 0 radical (unpaired) electrons. The number of alkyl halides is 3. The minimum Gasteiger partial charge on any atom is -0.472 e. The molecule has 0 aliphatic carbocycles. The second kappa shape index (κ2) is 6.42. The van der Waals surface area contributed by atoms with Gasteiger partial charge in [0.05, 0.1) is 16.7 Å². The normalized spacial score (nSPS) is 12.1. The molecule has 10 heteroatoms. The van der Waals surface area contributed by atoms with E-state index in [0.29, 0.717) is 0 Å². The number of anilines is 1. The Kier molecular flexibility index (Phi) is 4.76. The van der Waals surface area contributed by atoms with Gasteiger partial charge in [0.15, 0.2) is 0 Å². The van der Waals surface area contributed by atoms with Gasteiger partial charge in [-0.15, -0.1) is 0 Å². The summed E-state index contributed by atoms with van der Waals surface area (Å²) in [5.74, 6) is -0.468. The van der Waals surface area contributed by atoms with E-state index >= 15 is 0 Å². The van der Waals surface area contributed by atoms with Crippen molar-refractivity contribution in [3.8, 4) is 0 Å². The molecule has 0 atom stereocenters. The fourth-order valence-corrected chi connectivity index (χ4v) is 2.59. The molecule has 0 saturated carbocycles. The van der Waals surface area contributed by atoms with Crippen molar-refractivity contribution >= 4 is 21.6 Å². The van der Waals surface area contributed by atoms with Gasteiger partial charge in [0.1, 0.15) is 12.8 Å². The summed E-state index contributed by atoms with van der Waals surface area (Å²) >= 11 is 0. The zero-order chi connectivity index (χ0) is 17.1. The first-order valence-electron chi connectivity index (χ1n) is 6.17. The highest BCUT2D eigenvalue weighted by Gasteiger charge is 2.30. The highest BCUT2D eigenvalue weighted by molar-refractivity contribution is 7.89. The Labute approximate surface area is 129 Å². The van der Waals surface area contributed by atoms with Crippen LogP contribution in [-0.2, 0) is 10.0 Å². The average molecular weight is 348 g/mol. The lowest BCUT2D eigenvalue weighted by Crippen LogP contribution is -2.33. The molecule has 2 aromatic rings. The third kappa shape index (κ3) is 4.83. The Morgan fingerprint density at radius 3 is 2.30 bits per heavy atom. The monoisotopic (exact) mass is 348 g/mol. The Morgan fingerprint density at radius 1 is 1.13 bits per heavy atom. The molecule has 1 heterocycles. The highest BCUT2D eigenvalue weighted by Crippen LogP contribution is 2.17. The lowest BCUT2D eigenvalue weighted by Gasteiger charge is -2.10. The van der Waals surface area contributed by atoms with E-state index in [9.17, 15) is 26.4 Å². The minimum atomic E-state index is -4.65. The molecular formula is C13H11F3N2O4S. The third-order valence-corrected chi connectivity index (χ3v) is 4.09. The van der Waals surface area contributed by atoms with Crippen LogP contribution >= 0.6 is 0 Å². The van der Waals surface area contributed by atoms with E-state index in [1.807, 2.05) is 0 Å². The van der Waals surface area contributed by atoms with Gasteiger partial charge in [0, 0.05) is 5.69 Å². The van der Waals surface area contributed by atoms with Crippen LogP contribution < -0.4 is 10.0 Å². The summed E-state index contributed by atoms with van der Waals surface area (Å²) in [4.78, 5) is 11.4. The molecule has 0 aliphatic rings. The van der Waals surface area contributed by atoms with E-state index in [0.717, 1.165) is 12.1 Å². The molecule has 0 spiro atoms. The molecule has 6 nitrogen and oxygen atoms in total. The number of furan rings is 1. The number of carbonyl (C=O) groups excluding carboxylic acids is 1. The van der Waals surface area contributed by atoms with Crippen molar-refractivity contribution in [2.45, 2.75) is 11.1 Å². The average Bonchev–Trinajstić information content (AvgIpc) is 2.99. The topological polar surface area (TPSA) is 88.4 Å². The molecule has 0 fully saturated rings. The molecule has 0 saturated heterocycles. The number of benzene rings is 1. The number of halogens is 3. The van der Waals surface area contributed by atoms with E-state index in [2.05, 4.69) is 5.32 Å². The van der Waals surface area contributed by atoms with E-state index in [1.165, 1.54) is 35.4 Å². The first-order chi connectivity index (χ1) is 10.7. The summed E-state index contributed by atoms with van der Waals surface area (Å²) in [7, 11) is -4.28. The van der Waals surface area contributed by atoms with Crippen LogP contribution in [0.15, 0.2) is 52.2 Å². The maximum absolute atomic E-state index is 12.1. The minimum absolute atomic E-state index is 0.272. The van der Waals surface area contributed by atoms with Gasteiger partial charge < -0.3 is 9.73 Å². The number of nitrogens with one attached hydrogen (secondary N) is 2. The number of sulfonamides is 1. The van der Waals surface area contributed by atoms with Crippen LogP contribution in [0.25, 0.3) is 0 Å². The summed E-state index contributed by atoms with van der Waals surface area (Å²) < 4.78 is 65.8. The van der Waals surface area contributed by atoms with Gasteiger partial charge in [0.25, 0.3) is 5.91 Å². The van der Waals surface area contributed by atoms with Gasteiger partial charge in [-0.05, 0) is 30.3 Å². The van der Waals surface area contributed by atoms with Crippen molar-refractivity contribution in [3.05, 3.63) is 48.4 Å². The molecule has 1 aromatic heterocycles. The van der Waals surface area contributed by atoms with Crippen LogP contribution in [-0.4, -0.2) is 27.0 Å². The molecule has 1 amide bonds. The van der Waals surface area contributed by atoms with Crippen LogP contribution in [0.2, 0.25) is 0 Å². The van der Waals surface area contributed by atoms with Gasteiger partial charge in [0.2, 0.25) is 10.0 Å². The Bertz CT molecular complexity index is 769. The Morgan fingerprint density at radius 2 is 1.78 bits per heavy atom. The van der Waals surface area contributed by atoms with Gasteiger partial charge in [-0.3, -0.25) is 4.79 Å². The molecule has 0 bridgehead atoms. The van der Waals surface area contributed by atoms with E-state index in [4.69, 9.17) is 4.42 Å². The molecule has 124 valence electrons. The quantitative estimate of drug-likeness (QED) is 0.868. The largest absolute Gasteiger partial charge is 0.472 e. The molecule has 1 aromatic carbocycles. The van der Waals surface area contributed by atoms with E-state index in [-0.39, 0.29) is 16.1 Å². The number of carbonyl (C=O) groups is 1. The number of hydrogen-bond donors (Lipinski definition) is 2. The van der Waals surface area contributed by atoms with Crippen LogP contribution in [0.4, 0.5) is 18.9 Å². The summed E-state index contributed by atoms with van der Waals surface area (Å²) in [6.07, 6.45) is -2.10. The van der Waals surface area contributed by atoms with Crippen LogP contribution in [0.5, 0.6) is 0 Å². The first-order valence-corrected chi connectivity index (χ1v) is 7.66. The second-order valence-electron chi connectivity index (χ2n) is 4.43. The highest BCUT2D eigenvalue weighted by atomic mass is 32.2. The molecular weight excluding hydrogens is 337 g/mol. The SMILES string of the molecule is O=C(Nc1ccc(S(=O)(=O)NCC(F)(F)F)cc1)c1ccoc1. The number of rotatable bonds is 5. The van der Waals surface area contributed by atoms with E-state index in [1.54, 1.807) is 0 Å².